The normalized spacial score (nSPS) is 12.0. The quantitative estimate of drug-likeness (QED) is 0.445. The van der Waals surface area contributed by atoms with Crippen LogP contribution in [0.2, 0.25) is 0 Å². The number of esters is 1. The van der Waals surface area contributed by atoms with E-state index in [-0.39, 0.29) is 19.0 Å². The molecule has 0 radical (unpaired) electrons. The van der Waals surface area contributed by atoms with Crippen LogP contribution in [0.4, 0.5) is 0 Å². The van der Waals surface area contributed by atoms with Crippen LogP contribution in [0, 0.1) is 0 Å². The Bertz CT molecular complexity index is 1390. The number of hydrogen-bond donors (Lipinski definition) is 0. The molecule has 1 aliphatic rings. The number of carbonyl (C=O) groups is 1. The predicted molar refractivity (Wildman–Crippen MR) is 118 cm³/mol. The van der Waals surface area contributed by atoms with E-state index in [1.165, 1.54) is 10.8 Å². The first-order valence-corrected chi connectivity index (χ1v) is 9.98. The molecule has 4 aromatic rings. The zero-order valence-corrected chi connectivity index (χ0v) is 17.2. The average Bonchev–Trinajstić information content (AvgIpc) is 3.31. The van der Waals surface area contributed by atoms with E-state index in [4.69, 9.17) is 18.9 Å². The van der Waals surface area contributed by atoms with E-state index < -0.39 is 5.97 Å². The maximum atomic E-state index is 13.1. The van der Waals surface area contributed by atoms with Gasteiger partial charge in [-0.2, -0.15) is 0 Å². The molecule has 0 saturated heterocycles. The van der Waals surface area contributed by atoms with Crippen molar-refractivity contribution in [2.24, 2.45) is 0 Å². The van der Waals surface area contributed by atoms with E-state index in [2.05, 4.69) is 0 Å². The number of aromatic nitrogens is 1. The van der Waals surface area contributed by atoms with Crippen LogP contribution in [-0.4, -0.2) is 24.4 Å². The Morgan fingerprint density at radius 3 is 2.62 bits per heavy atom. The molecule has 0 bridgehead atoms. The van der Waals surface area contributed by atoms with E-state index in [0.29, 0.717) is 39.3 Å². The number of carbonyl (C=O) groups excluding carboxylic acids is 1. The highest BCUT2D eigenvalue weighted by Gasteiger charge is 2.18. The first-order chi connectivity index (χ1) is 15.6. The first kappa shape index (κ1) is 19.7. The second kappa shape index (κ2) is 8.11. The van der Waals surface area contributed by atoms with Gasteiger partial charge in [0, 0.05) is 23.0 Å². The second-order valence-corrected chi connectivity index (χ2v) is 7.23. The second-order valence-electron chi connectivity index (χ2n) is 7.23. The Kier molecular flexibility index (Phi) is 4.99. The number of fused-ring (bicyclic) bond motifs is 2. The molecule has 2 heterocycles. The number of pyridine rings is 1. The molecule has 3 aromatic carbocycles. The molecule has 0 atom stereocenters. The van der Waals surface area contributed by atoms with E-state index in [1.54, 1.807) is 67.8 Å². The molecular formula is C25H19NO6. The number of benzene rings is 3. The van der Waals surface area contributed by atoms with Gasteiger partial charge in [-0.05, 0) is 35.9 Å². The molecule has 0 saturated carbocycles. The van der Waals surface area contributed by atoms with E-state index in [0.717, 1.165) is 5.56 Å². The van der Waals surface area contributed by atoms with Gasteiger partial charge in [0.25, 0.3) is 5.56 Å². The molecule has 7 heteroatoms. The molecule has 160 valence electrons. The van der Waals surface area contributed by atoms with Crippen molar-refractivity contribution in [1.82, 2.24) is 4.57 Å². The fourth-order valence-electron chi connectivity index (χ4n) is 3.66. The highest BCUT2D eigenvalue weighted by Crippen LogP contribution is 2.32. The fourth-order valence-corrected chi connectivity index (χ4v) is 3.66. The summed E-state index contributed by atoms with van der Waals surface area (Å²) in [6.45, 7) is 0.235. The van der Waals surface area contributed by atoms with E-state index in [9.17, 15) is 9.59 Å². The number of ether oxygens (including phenoxy) is 4. The van der Waals surface area contributed by atoms with Gasteiger partial charge in [0.2, 0.25) is 6.79 Å². The Morgan fingerprint density at radius 2 is 1.78 bits per heavy atom. The van der Waals surface area contributed by atoms with Gasteiger partial charge < -0.3 is 18.9 Å². The lowest BCUT2D eigenvalue weighted by Gasteiger charge is -2.13. The third kappa shape index (κ3) is 3.54. The van der Waals surface area contributed by atoms with Crippen LogP contribution in [0.25, 0.3) is 16.5 Å². The van der Waals surface area contributed by atoms with Gasteiger partial charge in [0.15, 0.2) is 11.5 Å². The van der Waals surface area contributed by atoms with Crippen LogP contribution in [0.3, 0.4) is 0 Å². The van der Waals surface area contributed by atoms with E-state index in [1.807, 2.05) is 6.07 Å². The number of hydrogen-bond acceptors (Lipinski definition) is 6. The first-order valence-electron chi connectivity index (χ1n) is 9.98. The van der Waals surface area contributed by atoms with Crippen LogP contribution in [0.5, 0.6) is 17.2 Å². The smallest absolute Gasteiger partial charge is 0.340 e. The lowest BCUT2D eigenvalue weighted by atomic mass is 10.1. The molecule has 0 aliphatic carbocycles. The zero-order valence-electron chi connectivity index (χ0n) is 17.2. The number of nitrogens with zero attached hydrogens (tertiary/aromatic N) is 1. The molecular weight excluding hydrogens is 410 g/mol. The molecule has 0 spiro atoms. The summed E-state index contributed by atoms with van der Waals surface area (Å²) in [7, 11) is 1.56. The van der Waals surface area contributed by atoms with Crippen molar-refractivity contribution in [3.63, 3.8) is 0 Å². The number of methoxy groups -OCH3 is 1. The molecule has 7 nitrogen and oxygen atoms in total. The topological polar surface area (TPSA) is 76.0 Å². The highest BCUT2D eigenvalue weighted by atomic mass is 16.7. The van der Waals surface area contributed by atoms with Crippen LogP contribution in [0.15, 0.2) is 77.7 Å². The molecule has 5 rings (SSSR count). The average molecular weight is 429 g/mol. The van der Waals surface area contributed by atoms with Crippen molar-refractivity contribution in [2.45, 2.75) is 6.61 Å². The summed E-state index contributed by atoms with van der Waals surface area (Å²) < 4.78 is 23.0. The summed E-state index contributed by atoms with van der Waals surface area (Å²) >= 11 is 0. The fraction of sp³-hybridized carbons (Fsp3) is 0.120. The van der Waals surface area contributed by atoms with Crippen molar-refractivity contribution in [1.29, 1.82) is 0 Å². The minimum absolute atomic E-state index is 0.0576. The summed E-state index contributed by atoms with van der Waals surface area (Å²) in [6.07, 6.45) is 1.52. The maximum Gasteiger partial charge on any atom is 0.340 e. The van der Waals surface area contributed by atoms with Crippen LogP contribution in [-0.2, 0) is 11.3 Å². The van der Waals surface area contributed by atoms with Gasteiger partial charge >= 0.3 is 5.97 Å². The largest absolute Gasteiger partial charge is 0.497 e. The van der Waals surface area contributed by atoms with Gasteiger partial charge in [-0.25, -0.2) is 4.79 Å². The van der Waals surface area contributed by atoms with Gasteiger partial charge in [0.05, 0.1) is 18.4 Å². The SMILES string of the molecule is COc1cccc(-n2cc(C(=O)OCc3ccc4c(c3)OCO4)c3ccccc3c2=O)c1. The van der Waals surface area contributed by atoms with Gasteiger partial charge in [-0.1, -0.05) is 30.3 Å². The predicted octanol–water partition coefficient (Wildman–Crippen LogP) is 4.09. The highest BCUT2D eigenvalue weighted by molar-refractivity contribution is 6.04. The summed E-state index contributed by atoms with van der Waals surface area (Å²) in [5.74, 6) is 1.36. The molecule has 0 fully saturated rings. The van der Waals surface area contributed by atoms with E-state index >= 15 is 0 Å². The third-order valence-corrected chi connectivity index (χ3v) is 5.28. The summed E-state index contributed by atoms with van der Waals surface area (Å²) in [5.41, 5.74) is 1.42. The Hall–Kier alpha value is -4.26. The maximum absolute atomic E-state index is 13.1. The molecule has 0 unspecified atom stereocenters. The molecule has 32 heavy (non-hydrogen) atoms. The molecule has 0 amide bonds. The van der Waals surface area contributed by atoms with Crippen molar-refractivity contribution in [2.75, 3.05) is 13.9 Å². The van der Waals surface area contributed by atoms with Crippen LogP contribution < -0.4 is 19.8 Å². The van der Waals surface area contributed by atoms with Gasteiger partial charge in [-0.3, -0.25) is 9.36 Å². The minimum Gasteiger partial charge on any atom is -0.497 e. The Morgan fingerprint density at radius 1 is 0.969 bits per heavy atom. The standard InChI is InChI=1S/C25H19NO6/c1-29-18-6-4-5-17(12-18)26-13-21(19-7-2-3-8-20(19)24(26)27)25(28)30-14-16-9-10-22-23(11-16)32-15-31-22/h2-13H,14-15H2,1H3. The summed E-state index contributed by atoms with van der Waals surface area (Å²) in [6, 6.07) is 19.5. The van der Waals surface area contributed by atoms with Crippen molar-refractivity contribution in [3.05, 3.63) is 94.4 Å². The van der Waals surface area contributed by atoms with Gasteiger partial charge in [-0.15, -0.1) is 0 Å². The van der Waals surface area contributed by atoms with Gasteiger partial charge in [0.1, 0.15) is 12.4 Å². The number of rotatable bonds is 5. The Labute approximate surface area is 183 Å². The molecule has 0 N–H and O–H groups in total. The lowest BCUT2D eigenvalue weighted by Crippen LogP contribution is -2.21. The summed E-state index contributed by atoms with van der Waals surface area (Å²) in [4.78, 5) is 26.2. The minimum atomic E-state index is -0.532. The zero-order chi connectivity index (χ0) is 22.1. The van der Waals surface area contributed by atoms with Crippen LogP contribution in [0.1, 0.15) is 15.9 Å². The van der Waals surface area contributed by atoms with Crippen LogP contribution >= 0.6 is 0 Å². The third-order valence-electron chi connectivity index (χ3n) is 5.28. The molecule has 1 aromatic heterocycles. The van der Waals surface area contributed by atoms with Crippen molar-refractivity contribution >= 4 is 16.7 Å². The van der Waals surface area contributed by atoms with Crippen molar-refractivity contribution < 1.29 is 23.7 Å². The van der Waals surface area contributed by atoms with Crippen molar-refractivity contribution in [3.8, 4) is 22.9 Å². The monoisotopic (exact) mass is 429 g/mol. The Balaban J connectivity index is 1.51. The lowest BCUT2D eigenvalue weighted by molar-refractivity contribution is 0.0474. The molecule has 1 aliphatic heterocycles. The summed E-state index contributed by atoms with van der Waals surface area (Å²) in [5, 5.41) is 0.959.